The molecule has 12 heteroatoms. The van der Waals surface area contributed by atoms with E-state index in [1.54, 1.807) is 0 Å². The Balaban J connectivity index is 3.90. The lowest BCUT2D eigenvalue weighted by atomic mass is 10.0. The molecule has 0 aromatic rings. The number of phosphoric ester groups is 1. The summed E-state index contributed by atoms with van der Waals surface area (Å²) >= 11 is 0. The van der Waals surface area contributed by atoms with Gasteiger partial charge in [-0.05, 0) is 57.8 Å². The quantitative estimate of drug-likeness (QED) is 0.0200. The summed E-state index contributed by atoms with van der Waals surface area (Å²) in [6.07, 6.45) is 52.4. The summed E-state index contributed by atoms with van der Waals surface area (Å²) in [6.45, 7) is 2.48. The van der Waals surface area contributed by atoms with E-state index >= 15 is 0 Å². The first-order valence-electron chi connectivity index (χ1n) is 24.3. The molecule has 4 N–H and O–H groups in total. The minimum atomic E-state index is -4.77. The molecular weight excluding hydrogens is 806 g/mol. The molecule has 0 aliphatic heterocycles. The third-order valence-corrected chi connectivity index (χ3v) is 11.3. The van der Waals surface area contributed by atoms with Crippen LogP contribution in [0.25, 0.3) is 0 Å². The number of unbranched alkanes of at least 4 members (excludes halogenated alkanes) is 21. The van der Waals surface area contributed by atoms with Crippen LogP contribution in [0.3, 0.4) is 0 Å². The number of nitrogens with one attached hydrogen (secondary N) is 1. The number of esters is 1. The number of ether oxygens (including phenoxy) is 1. The Bertz CT molecular complexity index is 1280. The van der Waals surface area contributed by atoms with Gasteiger partial charge < -0.3 is 25.2 Å². The molecule has 0 fully saturated rings. The number of carbonyl (C=O) groups is 3. The molecule has 0 rings (SSSR count). The van der Waals surface area contributed by atoms with Crippen molar-refractivity contribution in [1.29, 1.82) is 0 Å². The summed E-state index contributed by atoms with van der Waals surface area (Å²) in [4.78, 5) is 46.0. The lowest BCUT2D eigenvalue weighted by molar-refractivity contribution is -0.147. The van der Waals surface area contributed by atoms with Gasteiger partial charge in [0.15, 0.2) is 6.04 Å². The number of aliphatic carboxylic acids is 1. The fraction of sp³-hybridized carbons (Fsp3) is 0.740. The Hall–Kier alpha value is -2.82. The standard InChI is InChI=1S/C50H88NO10P/c1-3-5-7-9-11-13-15-17-19-21-23-25-27-29-31-33-35-37-39-41-48(53)51-47(50(55)56)45-61-62(57,58)60-44-46(52)43-59-49(54)42-40-38-36-34-32-30-28-26-24-22-20-18-16-14-12-10-8-6-4-2/h5,7,11,13,17,19,23,25,29,31,46-47,52H,3-4,6,8-10,12,14-16,18,20-22,24,26-28,30,32-45H2,1-2H3,(H,51,53)(H,55,56)(H,57,58)/b7-5-,13-11-,19-17-,25-23-,31-29-. The van der Waals surface area contributed by atoms with Crippen molar-refractivity contribution in [3.63, 3.8) is 0 Å². The largest absolute Gasteiger partial charge is 0.480 e. The number of aliphatic hydroxyl groups is 1. The molecule has 1 amide bonds. The predicted octanol–water partition coefficient (Wildman–Crippen LogP) is 13.1. The van der Waals surface area contributed by atoms with Gasteiger partial charge in [-0.3, -0.25) is 18.6 Å². The molecule has 0 heterocycles. The highest BCUT2D eigenvalue weighted by Crippen LogP contribution is 2.43. The second-order valence-electron chi connectivity index (χ2n) is 16.3. The highest BCUT2D eigenvalue weighted by molar-refractivity contribution is 7.47. The van der Waals surface area contributed by atoms with Gasteiger partial charge in [0, 0.05) is 12.8 Å². The van der Waals surface area contributed by atoms with E-state index in [0.717, 1.165) is 70.6 Å². The first-order chi connectivity index (χ1) is 30.1. The molecule has 0 aliphatic carbocycles. The highest BCUT2D eigenvalue weighted by Gasteiger charge is 2.28. The summed E-state index contributed by atoms with van der Waals surface area (Å²) < 4.78 is 26.9. The lowest BCUT2D eigenvalue weighted by Gasteiger charge is -2.18. The maximum atomic E-state index is 12.3. The van der Waals surface area contributed by atoms with E-state index in [2.05, 4.69) is 79.9 Å². The summed E-state index contributed by atoms with van der Waals surface area (Å²) in [6, 6.07) is -1.57. The van der Waals surface area contributed by atoms with Gasteiger partial charge in [-0.2, -0.15) is 0 Å². The molecular formula is C50H88NO10P. The van der Waals surface area contributed by atoms with E-state index < -0.39 is 57.6 Å². The predicted molar refractivity (Wildman–Crippen MR) is 254 cm³/mol. The van der Waals surface area contributed by atoms with E-state index in [1.165, 1.54) is 96.3 Å². The first kappa shape index (κ1) is 59.2. The molecule has 3 atom stereocenters. The maximum absolute atomic E-state index is 12.3. The molecule has 0 saturated carbocycles. The molecule has 3 unspecified atom stereocenters. The van der Waals surface area contributed by atoms with Crippen molar-refractivity contribution in [2.75, 3.05) is 19.8 Å². The smallest absolute Gasteiger partial charge is 0.472 e. The fourth-order valence-electron chi connectivity index (χ4n) is 6.58. The maximum Gasteiger partial charge on any atom is 0.472 e. The van der Waals surface area contributed by atoms with Crippen LogP contribution in [0.1, 0.15) is 206 Å². The van der Waals surface area contributed by atoms with Crippen molar-refractivity contribution in [1.82, 2.24) is 5.32 Å². The normalized spacial score (nSPS) is 14.1. The van der Waals surface area contributed by atoms with Crippen LogP contribution in [-0.2, 0) is 32.7 Å². The van der Waals surface area contributed by atoms with E-state index in [9.17, 15) is 34.1 Å². The van der Waals surface area contributed by atoms with E-state index in [1.807, 2.05) is 0 Å². The Morgan fingerprint density at radius 1 is 0.532 bits per heavy atom. The minimum Gasteiger partial charge on any atom is -0.480 e. The average Bonchev–Trinajstić information content (AvgIpc) is 3.25. The Kier molecular flexibility index (Phi) is 42.7. The molecule has 0 saturated heterocycles. The lowest BCUT2D eigenvalue weighted by Crippen LogP contribution is -2.43. The molecule has 0 aromatic heterocycles. The van der Waals surface area contributed by atoms with Gasteiger partial charge in [0.25, 0.3) is 0 Å². The van der Waals surface area contributed by atoms with Crippen molar-refractivity contribution in [2.45, 2.75) is 219 Å². The average molecular weight is 894 g/mol. The summed E-state index contributed by atoms with van der Waals surface area (Å²) in [5.41, 5.74) is 0. The molecule has 0 radical (unpaired) electrons. The van der Waals surface area contributed by atoms with Gasteiger partial charge in [-0.25, -0.2) is 9.36 Å². The number of rotatable bonds is 45. The molecule has 0 aromatic carbocycles. The topological polar surface area (TPSA) is 169 Å². The third kappa shape index (κ3) is 43.8. The molecule has 358 valence electrons. The van der Waals surface area contributed by atoms with E-state index in [-0.39, 0.29) is 12.8 Å². The van der Waals surface area contributed by atoms with Crippen LogP contribution in [0.5, 0.6) is 0 Å². The van der Waals surface area contributed by atoms with Gasteiger partial charge in [-0.1, -0.05) is 197 Å². The van der Waals surface area contributed by atoms with Gasteiger partial charge in [0.05, 0.1) is 13.2 Å². The minimum absolute atomic E-state index is 0.104. The number of aliphatic hydroxyl groups excluding tert-OH is 1. The first-order valence-corrected chi connectivity index (χ1v) is 25.8. The second-order valence-corrected chi connectivity index (χ2v) is 17.7. The molecule has 0 bridgehead atoms. The number of amides is 1. The van der Waals surface area contributed by atoms with Crippen LogP contribution in [-0.4, -0.2) is 64.9 Å². The van der Waals surface area contributed by atoms with Crippen molar-refractivity contribution in [3.8, 4) is 0 Å². The fourth-order valence-corrected chi connectivity index (χ4v) is 7.35. The van der Waals surface area contributed by atoms with Crippen molar-refractivity contribution < 1.29 is 47.8 Å². The van der Waals surface area contributed by atoms with Crippen LogP contribution < -0.4 is 5.32 Å². The van der Waals surface area contributed by atoms with Crippen LogP contribution in [0, 0.1) is 0 Å². The van der Waals surface area contributed by atoms with E-state index in [4.69, 9.17) is 13.8 Å². The van der Waals surface area contributed by atoms with Crippen molar-refractivity contribution >= 4 is 25.7 Å². The Labute approximate surface area is 376 Å². The summed E-state index contributed by atoms with van der Waals surface area (Å²) in [5.74, 6) is -2.42. The van der Waals surface area contributed by atoms with Crippen molar-refractivity contribution in [2.24, 2.45) is 0 Å². The van der Waals surface area contributed by atoms with E-state index in [0.29, 0.717) is 12.8 Å². The van der Waals surface area contributed by atoms with Crippen LogP contribution >= 0.6 is 7.82 Å². The zero-order chi connectivity index (χ0) is 45.6. The number of carbonyl (C=O) groups excluding carboxylic acids is 2. The van der Waals surface area contributed by atoms with Crippen LogP contribution in [0.2, 0.25) is 0 Å². The SMILES string of the molecule is CC/C=C\C/C=C\C/C=C\C/C=C\C/C=C\CCCCCC(=O)NC(COP(=O)(O)OCC(O)COC(=O)CCCCCCCCCCCCCCCCCCCCC)C(=O)O. The third-order valence-electron chi connectivity index (χ3n) is 10.3. The summed E-state index contributed by atoms with van der Waals surface area (Å²) in [7, 11) is -4.77. The van der Waals surface area contributed by atoms with Gasteiger partial charge in [-0.15, -0.1) is 0 Å². The van der Waals surface area contributed by atoms with Crippen molar-refractivity contribution in [3.05, 3.63) is 60.8 Å². The van der Waals surface area contributed by atoms with Crippen LogP contribution in [0.4, 0.5) is 0 Å². The second kappa shape index (κ2) is 44.8. The van der Waals surface area contributed by atoms with Crippen LogP contribution in [0.15, 0.2) is 60.8 Å². The molecule has 0 spiro atoms. The Morgan fingerprint density at radius 2 is 0.935 bits per heavy atom. The molecule has 11 nitrogen and oxygen atoms in total. The van der Waals surface area contributed by atoms with Gasteiger partial charge in [0.1, 0.15) is 12.7 Å². The number of hydrogen-bond donors (Lipinski definition) is 4. The number of allylic oxidation sites excluding steroid dienone is 10. The van der Waals surface area contributed by atoms with Gasteiger partial charge in [0.2, 0.25) is 5.91 Å². The molecule has 62 heavy (non-hydrogen) atoms. The highest BCUT2D eigenvalue weighted by atomic mass is 31.2. The molecule has 0 aliphatic rings. The van der Waals surface area contributed by atoms with Gasteiger partial charge >= 0.3 is 19.8 Å². The number of carboxylic acids is 1. The number of phosphoric acid groups is 1. The zero-order valence-corrected chi connectivity index (χ0v) is 39.8. The number of hydrogen-bond acceptors (Lipinski definition) is 8. The Morgan fingerprint density at radius 3 is 1.40 bits per heavy atom. The monoisotopic (exact) mass is 894 g/mol. The number of carboxylic acid groups (broad SMARTS) is 1. The summed E-state index contributed by atoms with van der Waals surface area (Å²) in [5, 5.41) is 21.9. The zero-order valence-electron chi connectivity index (χ0n) is 38.9.